The summed E-state index contributed by atoms with van der Waals surface area (Å²) in [5.41, 5.74) is 3.46. The molecule has 0 unspecified atom stereocenters. The van der Waals surface area contributed by atoms with E-state index in [0.717, 1.165) is 12.2 Å². The van der Waals surface area contributed by atoms with Crippen LogP contribution in [0, 0.1) is 6.92 Å². The zero-order chi connectivity index (χ0) is 9.26. The van der Waals surface area contributed by atoms with Crippen molar-refractivity contribution in [2.24, 2.45) is 0 Å². The number of aromatic nitrogens is 2. The number of rotatable bonds is 2. The van der Waals surface area contributed by atoms with Gasteiger partial charge in [0.15, 0.2) is 0 Å². The van der Waals surface area contributed by atoms with Gasteiger partial charge in [-0.05, 0) is 20.0 Å². The Kier molecular flexibility index (Phi) is 2.02. The highest BCUT2D eigenvalue weighted by Crippen LogP contribution is 2.10. The molecule has 0 radical (unpaired) electrons. The van der Waals surface area contributed by atoms with Gasteiger partial charge in [0.2, 0.25) is 0 Å². The van der Waals surface area contributed by atoms with Crippen LogP contribution >= 0.6 is 0 Å². The Morgan fingerprint density at radius 1 is 1.54 bits per heavy atom. The zero-order valence-electron chi connectivity index (χ0n) is 7.91. The fourth-order valence-electron chi connectivity index (χ4n) is 1.52. The van der Waals surface area contributed by atoms with Crippen LogP contribution in [0.4, 0.5) is 0 Å². The maximum atomic E-state index is 4.36. The number of nitrogens with one attached hydrogen (secondary N) is 1. The maximum absolute atomic E-state index is 4.36. The number of hydrogen-bond donors (Lipinski definition) is 1. The van der Waals surface area contributed by atoms with Crippen molar-refractivity contribution in [1.29, 1.82) is 0 Å². The van der Waals surface area contributed by atoms with Gasteiger partial charge >= 0.3 is 0 Å². The van der Waals surface area contributed by atoms with Gasteiger partial charge in [-0.15, -0.1) is 0 Å². The molecule has 3 heteroatoms. The highest BCUT2D eigenvalue weighted by atomic mass is 15.0. The molecule has 0 saturated carbocycles. The average molecular weight is 175 g/mol. The fourth-order valence-corrected chi connectivity index (χ4v) is 1.52. The van der Waals surface area contributed by atoms with Crippen LogP contribution in [0.3, 0.4) is 0 Å². The summed E-state index contributed by atoms with van der Waals surface area (Å²) in [6, 6.07) is 4.15. The van der Waals surface area contributed by atoms with Gasteiger partial charge in [-0.3, -0.25) is 0 Å². The van der Waals surface area contributed by atoms with Gasteiger partial charge < -0.3 is 9.72 Å². The summed E-state index contributed by atoms with van der Waals surface area (Å²) in [7, 11) is 1.94. The Labute approximate surface area is 77.4 Å². The average Bonchev–Trinajstić information content (AvgIpc) is 2.50. The highest BCUT2D eigenvalue weighted by molar-refractivity contribution is 5.48. The van der Waals surface area contributed by atoms with Crippen molar-refractivity contribution in [3.8, 4) is 0 Å². The minimum atomic E-state index is 0.862. The van der Waals surface area contributed by atoms with E-state index in [1.54, 1.807) is 0 Å². The number of fused-ring (bicyclic) bond motifs is 1. The van der Waals surface area contributed by atoms with E-state index in [0.29, 0.717) is 0 Å². The minimum Gasteiger partial charge on any atom is -0.316 e. The van der Waals surface area contributed by atoms with Crippen LogP contribution in [-0.2, 0) is 6.54 Å². The van der Waals surface area contributed by atoms with Gasteiger partial charge in [-0.25, -0.2) is 4.98 Å². The Balaban J connectivity index is 2.63. The minimum absolute atomic E-state index is 0.862. The Morgan fingerprint density at radius 2 is 2.38 bits per heavy atom. The molecule has 0 saturated heterocycles. The number of hydrogen-bond acceptors (Lipinski definition) is 2. The van der Waals surface area contributed by atoms with Crippen LogP contribution in [-0.4, -0.2) is 16.4 Å². The lowest BCUT2D eigenvalue weighted by Crippen LogP contribution is -2.06. The molecule has 0 aliphatic carbocycles. The van der Waals surface area contributed by atoms with Crippen LogP contribution in [0.1, 0.15) is 11.3 Å². The van der Waals surface area contributed by atoms with Crippen LogP contribution in [0.2, 0.25) is 0 Å². The van der Waals surface area contributed by atoms with Crippen molar-refractivity contribution in [3.63, 3.8) is 0 Å². The molecule has 0 bridgehead atoms. The van der Waals surface area contributed by atoms with E-state index in [-0.39, 0.29) is 0 Å². The van der Waals surface area contributed by atoms with E-state index in [1.165, 1.54) is 11.3 Å². The first-order valence-corrected chi connectivity index (χ1v) is 4.39. The van der Waals surface area contributed by atoms with E-state index in [9.17, 15) is 0 Å². The molecule has 0 atom stereocenters. The third kappa shape index (κ3) is 1.31. The monoisotopic (exact) mass is 175 g/mol. The molecule has 1 N–H and O–H groups in total. The molecule has 2 aromatic heterocycles. The van der Waals surface area contributed by atoms with Crippen LogP contribution in [0.5, 0.6) is 0 Å². The summed E-state index contributed by atoms with van der Waals surface area (Å²) in [4.78, 5) is 4.36. The van der Waals surface area contributed by atoms with Crippen LogP contribution < -0.4 is 5.32 Å². The second kappa shape index (κ2) is 3.18. The van der Waals surface area contributed by atoms with Crippen molar-refractivity contribution in [3.05, 3.63) is 35.8 Å². The Hall–Kier alpha value is -1.35. The number of imidazole rings is 1. The van der Waals surface area contributed by atoms with E-state index >= 15 is 0 Å². The van der Waals surface area contributed by atoms with Gasteiger partial charge in [0.25, 0.3) is 0 Å². The predicted molar refractivity (Wildman–Crippen MR) is 52.7 cm³/mol. The molecule has 68 valence electrons. The van der Waals surface area contributed by atoms with E-state index in [4.69, 9.17) is 0 Å². The number of aryl methyl sites for hydroxylation is 1. The molecule has 3 nitrogen and oxygen atoms in total. The molecule has 0 fully saturated rings. The topological polar surface area (TPSA) is 29.3 Å². The number of nitrogens with zero attached hydrogens (tertiary/aromatic N) is 2. The van der Waals surface area contributed by atoms with E-state index < -0.39 is 0 Å². The van der Waals surface area contributed by atoms with Crippen molar-refractivity contribution >= 4 is 5.65 Å². The molecular weight excluding hydrogens is 162 g/mol. The molecule has 2 aromatic rings. The molecule has 0 aliphatic rings. The van der Waals surface area contributed by atoms with Gasteiger partial charge in [-0.1, -0.05) is 6.07 Å². The molecule has 2 heterocycles. The van der Waals surface area contributed by atoms with E-state index in [2.05, 4.69) is 27.7 Å². The van der Waals surface area contributed by atoms with Crippen molar-refractivity contribution in [2.45, 2.75) is 13.5 Å². The fraction of sp³-hybridized carbons (Fsp3) is 0.300. The van der Waals surface area contributed by atoms with Crippen molar-refractivity contribution < 1.29 is 0 Å². The van der Waals surface area contributed by atoms with Gasteiger partial charge in [-0.2, -0.15) is 0 Å². The normalized spacial score (nSPS) is 10.9. The Bertz CT molecular complexity index is 417. The largest absolute Gasteiger partial charge is 0.316 e. The summed E-state index contributed by atoms with van der Waals surface area (Å²) < 4.78 is 2.10. The first-order valence-electron chi connectivity index (χ1n) is 4.39. The molecule has 2 rings (SSSR count). The lowest BCUT2D eigenvalue weighted by Gasteiger charge is -2.02. The first kappa shape index (κ1) is 8.26. The lowest BCUT2D eigenvalue weighted by atomic mass is 10.2. The molecule has 0 spiro atoms. The molecule has 0 aliphatic heterocycles. The summed E-state index contributed by atoms with van der Waals surface area (Å²) in [5, 5.41) is 3.13. The standard InChI is InChI=1S/C10H13N3/c1-8-6-12-10-9(7-11-2)4-3-5-13(8)10/h3-6,11H,7H2,1-2H3. The SMILES string of the molecule is CNCc1cccn2c(C)cnc12. The summed E-state index contributed by atoms with van der Waals surface area (Å²) >= 11 is 0. The smallest absolute Gasteiger partial charge is 0.141 e. The summed E-state index contributed by atoms with van der Waals surface area (Å²) in [6.07, 6.45) is 3.94. The molecule has 0 amide bonds. The van der Waals surface area contributed by atoms with Crippen LogP contribution in [0.25, 0.3) is 5.65 Å². The second-order valence-electron chi connectivity index (χ2n) is 3.16. The van der Waals surface area contributed by atoms with E-state index in [1.807, 2.05) is 25.5 Å². The molecule has 13 heavy (non-hydrogen) atoms. The Morgan fingerprint density at radius 3 is 3.15 bits per heavy atom. The van der Waals surface area contributed by atoms with Gasteiger partial charge in [0.1, 0.15) is 5.65 Å². The summed E-state index contributed by atoms with van der Waals surface area (Å²) in [5.74, 6) is 0. The molecular formula is C10H13N3. The zero-order valence-corrected chi connectivity index (χ0v) is 7.91. The molecule has 0 aromatic carbocycles. The predicted octanol–water partition coefficient (Wildman–Crippen LogP) is 1.36. The second-order valence-corrected chi connectivity index (χ2v) is 3.16. The lowest BCUT2D eigenvalue weighted by molar-refractivity contribution is 0.816. The summed E-state index contributed by atoms with van der Waals surface area (Å²) in [6.45, 7) is 2.92. The van der Waals surface area contributed by atoms with Gasteiger partial charge in [0, 0.05) is 30.2 Å². The third-order valence-electron chi connectivity index (χ3n) is 2.17. The van der Waals surface area contributed by atoms with Crippen molar-refractivity contribution in [2.75, 3.05) is 7.05 Å². The van der Waals surface area contributed by atoms with Crippen molar-refractivity contribution in [1.82, 2.24) is 14.7 Å². The highest BCUT2D eigenvalue weighted by Gasteiger charge is 2.02. The third-order valence-corrected chi connectivity index (χ3v) is 2.17. The quantitative estimate of drug-likeness (QED) is 0.746. The first-order chi connectivity index (χ1) is 6.33. The van der Waals surface area contributed by atoms with Gasteiger partial charge in [0.05, 0.1) is 0 Å². The number of pyridine rings is 1. The van der Waals surface area contributed by atoms with Crippen LogP contribution in [0.15, 0.2) is 24.5 Å². The maximum Gasteiger partial charge on any atom is 0.141 e.